The van der Waals surface area contributed by atoms with Gasteiger partial charge >= 0.3 is 5.97 Å². The average Bonchev–Trinajstić information content (AvgIpc) is 2.80. The molecule has 0 atom stereocenters. The van der Waals surface area contributed by atoms with Crippen molar-refractivity contribution in [2.75, 3.05) is 6.54 Å². The van der Waals surface area contributed by atoms with Crippen molar-refractivity contribution >= 4 is 55.6 Å². The second-order valence-electron chi connectivity index (χ2n) is 6.54. The van der Waals surface area contributed by atoms with Crippen LogP contribution in [0, 0.1) is 0 Å². The molecule has 0 aromatic heterocycles. The Balaban J connectivity index is 1.47. The van der Waals surface area contributed by atoms with E-state index >= 15 is 0 Å². The molecule has 0 unspecified atom stereocenters. The number of hydrazone groups is 1. The summed E-state index contributed by atoms with van der Waals surface area (Å²) in [5, 5.41) is 4.18. The lowest BCUT2D eigenvalue weighted by molar-refractivity contribution is -0.119. The van der Waals surface area contributed by atoms with Crippen molar-refractivity contribution in [1.82, 2.24) is 10.1 Å². The number of benzene rings is 3. The average molecular weight is 551 g/mol. The number of sulfonamides is 1. The van der Waals surface area contributed by atoms with E-state index in [1.165, 1.54) is 30.5 Å². The van der Waals surface area contributed by atoms with Crippen molar-refractivity contribution in [3.05, 3.63) is 93.4 Å². The predicted octanol–water partition coefficient (Wildman–Crippen LogP) is 3.75. The van der Waals surface area contributed by atoms with Crippen LogP contribution in [0.3, 0.4) is 0 Å². The van der Waals surface area contributed by atoms with Crippen molar-refractivity contribution in [2.45, 2.75) is 4.90 Å². The predicted molar refractivity (Wildman–Crippen MR) is 128 cm³/mol. The Morgan fingerprint density at radius 3 is 2.24 bits per heavy atom. The lowest BCUT2D eigenvalue weighted by atomic mass is 10.2. The van der Waals surface area contributed by atoms with Crippen LogP contribution in [0.2, 0.25) is 5.02 Å². The third-order valence-electron chi connectivity index (χ3n) is 4.12. The zero-order chi connectivity index (χ0) is 23.8. The van der Waals surface area contributed by atoms with Crippen molar-refractivity contribution in [1.29, 1.82) is 0 Å². The summed E-state index contributed by atoms with van der Waals surface area (Å²) in [4.78, 5) is 24.0. The third-order valence-corrected chi connectivity index (χ3v) is 6.32. The normalized spacial score (nSPS) is 11.3. The van der Waals surface area contributed by atoms with Crippen LogP contribution in [0.25, 0.3) is 0 Å². The van der Waals surface area contributed by atoms with E-state index in [9.17, 15) is 18.0 Å². The molecule has 11 heteroatoms. The lowest BCUT2D eigenvalue weighted by Gasteiger charge is -2.06. The number of halogens is 2. The number of carbonyl (C=O) groups is 2. The van der Waals surface area contributed by atoms with Gasteiger partial charge in [-0.15, -0.1) is 0 Å². The maximum absolute atomic E-state index is 12.1. The molecule has 0 saturated carbocycles. The molecule has 0 aliphatic carbocycles. The molecule has 1 amide bonds. The SMILES string of the molecule is O=C(CNS(=O)(=O)c1ccc(Cl)cc1)N/N=C\c1ccc(OC(=O)c2ccc(Br)cc2)cc1. The zero-order valence-electron chi connectivity index (χ0n) is 16.9. The highest BCUT2D eigenvalue weighted by Gasteiger charge is 2.15. The third kappa shape index (κ3) is 7.50. The number of rotatable bonds is 8. The summed E-state index contributed by atoms with van der Waals surface area (Å²) in [6.07, 6.45) is 1.37. The first-order valence-corrected chi connectivity index (χ1v) is 12.0. The minimum atomic E-state index is -3.85. The lowest BCUT2D eigenvalue weighted by Crippen LogP contribution is -2.34. The smallest absolute Gasteiger partial charge is 0.343 e. The van der Waals surface area contributed by atoms with E-state index in [1.54, 1.807) is 48.5 Å². The van der Waals surface area contributed by atoms with E-state index in [-0.39, 0.29) is 4.90 Å². The van der Waals surface area contributed by atoms with E-state index in [2.05, 4.69) is 31.2 Å². The van der Waals surface area contributed by atoms with Gasteiger partial charge in [-0.25, -0.2) is 23.4 Å². The van der Waals surface area contributed by atoms with Gasteiger partial charge in [-0.2, -0.15) is 5.10 Å². The Hall–Kier alpha value is -3.05. The summed E-state index contributed by atoms with van der Waals surface area (Å²) < 4.78 is 32.6. The van der Waals surface area contributed by atoms with Crippen LogP contribution in [-0.4, -0.2) is 33.1 Å². The van der Waals surface area contributed by atoms with Gasteiger partial charge in [-0.1, -0.05) is 27.5 Å². The van der Waals surface area contributed by atoms with Crippen LogP contribution < -0.4 is 14.9 Å². The van der Waals surface area contributed by atoms with E-state index < -0.39 is 28.4 Å². The Morgan fingerprint density at radius 2 is 1.61 bits per heavy atom. The first kappa shape index (κ1) is 24.6. The van der Waals surface area contributed by atoms with Gasteiger partial charge in [0.2, 0.25) is 10.0 Å². The monoisotopic (exact) mass is 549 g/mol. The first-order valence-electron chi connectivity index (χ1n) is 9.38. The number of hydrogen-bond donors (Lipinski definition) is 2. The maximum Gasteiger partial charge on any atom is 0.343 e. The molecule has 0 fully saturated rings. The highest BCUT2D eigenvalue weighted by atomic mass is 79.9. The minimum Gasteiger partial charge on any atom is -0.423 e. The molecule has 0 aliphatic rings. The molecular formula is C22H17BrClN3O5S. The van der Waals surface area contributed by atoms with Crippen molar-refractivity contribution in [2.24, 2.45) is 5.10 Å². The molecule has 3 rings (SSSR count). The van der Waals surface area contributed by atoms with Gasteiger partial charge in [0, 0.05) is 9.50 Å². The summed E-state index contributed by atoms with van der Waals surface area (Å²) in [7, 11) is -3.85. The number of ether oxygens (including phenoxy) is 1. The van der Waals surface area contributed by atoms with Crippen LogP contribution in [-0.2, 0) is 14.8 Å². The number of nitrogens with one attached hydrogen (secondary N) is 2. The molecule has 0 aliphatic heterocycles. The Kier molecular flexibility index (Phi) is 8.34. The summed E-state index contributed by atoms with van der Waals surface area (Å²) in [6, 6.07) is 18.8. The van der Waals surface area contributed by atoms with Crippen molar-refractivity contribution in [3.8, 4) is 5.75 Å². The maximum atomic E-state index is 12.1. The van der Waals surface area contributed by atoms with Gasteiger partial charge in [0.05, 0.1) is 23.2 Å². The molecule has 170 valence electrons. The second-order valence-corrected chi connectivity index (χ2v) is 9.66. The van der Waals surface area contributed by atoms with Gasteiger partial charge in [0.1, 0.15) is 5.75 Å². The topological polar surface area (TPSA) is 114 Å². The van der Waals surface area contributed by atoms with E-state index in [4.69, 9.17) is 16.3 Å². The fraction of sp³-hybridized carbons (Fsp3) is 0.0455. The fourth-order valence-electron chi connectivity index (χ4n) is 2.45. The number of carbonyl (C=O) groups excluding carboxylic acids is 2. The zero-order valence-corrected chi connectivity index (χ0v) is 20.0. The highest BCUT2D eigenvalue weighted by molar-refractivity contribution is 9.10. The Morgan fingerprint density at radius 1 is 0.970 bits per heavy atom. The van der Waals surface area contributed by atoms with E-state index in [0.29, 0.717) is 21.9 Å². The molecule has 3 aromatic rings. The van der Waals surface area contributed by atoms with Crippen LogP contribution in [0.1, 0.15) is 15.9 Å². The molecule has 8 nitrogen and oxygen atoms in total. The Bertz CT molecular complexity index is 1260. The largest absolute Gasteiger partial charge is 0.423 e. The van der Waals surface area contributed by atoms with Crippen molar-refractivity contribution in [3.63, 3.8) is 0 Å². The number of hydrogen-bond acceptors (Lipinski definition) is 6. The summed E-state index contributed by atoms with van der Waals surface area (Å²) in [5.74, 6) is -0.790. The van der Waals surface area contributed by atoms with Gasteiger partial charge in [-0.05, 0) is 78.4 Å². The van der Waals surface area contributed by atoms with Crippen LogP contribution in [0.4, 0.5) is 0 Å². The fourth-order valence-corrected chi connectivity index (χ4v) is 3.82. The van der Waals surface area contributed by atoms with Gasteiger partial charge in [0.25, 0.3) is 5.91 Å². The van der Waals surface area contributed by atoms with Crippen molar-refractivity contribution < 1.29 is 22.7 Å². The molecular weight excluding hydrogens is 534 g/mol. The number of amides is 1. The molecule has 0 heterocycles. The molecule has 33 heavy (non-hydrogen) atoms. The summed E-state index contributed by atoms with van der Waals surface area (Å²) in [5.41, 5.74) is 3.27. The first-order chi connectivity index (χ1) is 15.7. The van der Waals surface area contributed by atoms with Crippen LogP contribution in [0.5, 0.6) is 5.75 Å². The summed E-state index contributed by atoms with van der Waals surface area (Å²) in [6.45, 7) is -0.493. The Labute approximate surface area is 203 Å². The highest BCUT2D eigenvalue weighted by Crippen LogP contribution is 2.16. The molecule has 0 spiro atoms. The van der Waals surface area contributed by atoms with Crippen LogP contribution in [0.15, 0.2) is 87.3 Å². The quantitative estimate of drug-likeness (QED) is 0.192. The summed E-state index contributed by atoms with van der Waals surface area (Å²) >= 11 is 9.04. The van der Waals surface area contributed by atoms with Crippen LogP contribution >= 0.6 is 27.5 Å². The van der Waals surface area contributed by atoms with Gasteiger partial charge in [-0.3, -0.25) is 4.79 Å². The molecule has 0 bridgehead atoms. The molecule has 2 N–H and O–H groups in total. The van der Waals surface area contributed by atoms with E-state index in [0.717, 1.165) is 4.47 Å². The molecule has 0 radical (unpaired) electrons. The second kappa shape index (κ2) is 11.2. The van der Waals surface area contributed by atoms with E-state index in [1.807, 2.05) is 0 Å². The number of esters is 1. The van der Waals surface area contributed by atoms with Gasteiger partial charge in [0.15, 0.2) is 0 Å². The van der Waals surface area contributed by atoms with Gasteiger partial charge < -0.3 is 4.74 Å². The molecule has 3 aromatic carbocycles. The standard InChI is InChI=1S/C22H17BrClN3O5S/c23-17-5-3-16(4-6-17)22(29)32-19-9-1-15(2-10-19)13-25-27-21(28)14-26-33(30,31)20-11-7-18(24)8-12-20/h1-13,26H,14H2,(H,27,28)/b25-13-. The molecule has 0 saturated heterocycles. The number of nitrogens with zero attached hydrogens (tertiary/aromatic N) is 1. The minimum absolute atomic E-state index is 0.0101.